The Morgan fingerprint density at radius 3 is 2.62 bits per heavy atom. The van der Waals surface area contributed by atoms with Gasteiger partial charge in [-0.2, -0.15) is 8.75 Å². The summed E-state index contributed by atoms with van der Waals surface area (Å²) >= 11 is 6.95. The molecule has 0 aromatic carbocycles. The molecule has 13 heavy (non-hydrogen) atoms. The first-order chi connectivity index (χ1) is 6.05. The number of nitrogens with zero attached hydrogens (tertiary/aromatic N) is 2. The van der Waals surface area contributed by atoms with Gasteiger partial charge in [-0.05, 0) is 20.3 Å². The van der Waals surface area contributed by atoms with Gasteiger partial charge >= 0.3 is 0 Å². The summed E-state index contributed by atoms with van der Waals surface area (Å²) in [6, 6.07) is 0. The molecule has 1 heterocycles. The standard InChI is InChI=1S/C8H14ClN3S/c1-4-5-8(2,3)10-7-6(9)11-13-12-7/h4-5H2,1-3H3,(H,10,12). The molecule has 0 spiro atoms. The number of aromatic nitrogens is 2. The SMILES string of the molecule is CCCC(C)(C)Nc1nsnc1Cl. The van der Waals surface area contributed by atoms with E-state index in [1.807, 2.05) is 0 Å². The summed E-state index contributed by atoms with van der Waals surface area (Å²) in [7, 11) is 0. The molecule has 0 aliphatic rings. The molecular weight excluding hydrogens is 206 g/mol. The molecule has 0 radical (unpaired) electrons. The molecule has 1 rings (SSSR count). The fourth-order valence-electron chi connectivity index (χ4n) is 1.26. The Hall–Kier alpha value is -0.350. The second-order valence-electron chi connectivity index (χ2n) is 3.66. The Morgan fingerprint density at radius 2 is 2.15 bits per heavy atom. The van der Waals surface area contributed by atoms with Crippen molar-refractivity contribution >= 4 is 29.1 Å². The van der Waals surface area contributed by atoms with Crippen molar-refractivity contribution in [1.29, 1.82) is 0 Å². The maximum absolute atomic E-state index is 5.82. The van der Waals surface area contributed by atoms with E-state index in [1.165, 1.54) is 0 Å². The first-order valence-corrected chi connectivity index (χ1v) is 5.42. The fourth-order valence-corrected chi connectivity index (χ4v) is 1.91. The maximum Gasteiger partial charge on any atom is 0.186 e. The zero-order chi connectivity index (χ0) is 9.90. The molecule has 1 aromatic rings. The minimum atomic E-state index is 0.0359. The van der Waals surface area contributed by atoms with Gasteiger partial charge in [0.25, 0.3) is 0 Å². The summed E-state index contributed by atoms with van der Waals surface area (Å²) in [5, 5.41) is 3.74. The second kappa shape index (κ2) is 4.24. The van der Waals surface area contributed by atoms with Crippen LogP contribution in [-0.2, 0) is 0 Å². The lowest BCUT2D eigenvalue weighted by Crippen LogP contribution is -2.30. The van der Waals surface area contributed by atoms with Gasteiger partial charge in [-0.25, -0.2) is 0 Å². The normalized spacial score (nSPS) is 11.7. The first-order valence-electron chi connectivity index (χ1n) is 4.31. The molecule has 0 unspecified atom stereocenters. The highest BCUT2D eigenvalue weighted by molar-refractivity contribution is 6.99. The molecule has 0 bridgehead atoms. The molecule has 1 aromatic heterocycles. The van der Waals surface area contributed by atoms with E-state index in [2.05, 4.69) is 34.8 Å². The van der Waals surface area contributed by atoms with Gasteiger partial charge in [0.15, 0.2) is 11.0 Å². The third-order valence-electron chi connectivity index (χ3n) is 1.78. The molecule has 3 nitrogen and oxygen atoms in total. The van der Waals surface area contributed by atoms with Crippen molar-refractivity contribution in [3.05, 3.63) is 5.15 Å². The molecule has 0 aliphatic carbocycles. The van der Waals surface area contributed by atoms with Crippen LogP contribution in [0.1, 0.15) is 33.6 Å². The van der Waals surface area contributed by atoms with Crippen LogP contribution in [0.25, 0.3) is 0 Å². The molecule has 1 N–H and O–H groups in total. The van der Waals surface area contributed by atoms with E-state index in [1.54, 1.807) is 0 Å². The van der Waals surface area contributed by atoms with Crippen molar-refractivity contribution in [2.45, 2.75) is 39.2 Å². The molecule has 74 valence electrons. The van der Waals surface area contributed by atoms with Crippen molar-refractivity contribution in [2.75, 3.05) is 5.32 Å². The summed E-state index contributed by atoms with van der Waals surface area (Å²) in [4.78, 5) is 0. The lowest BCUT2D eigenvalue weighted by Gasteiger charge is -2.25. The van der Waals surface area contributed by atoms with Crippen LogP contribution >= 0.6 is 23.3 Å². The summed E-state index contributed by atoms with van der Waals surface area (Å²) in [6.45, 7) is 6.42. The fraction of sp³-hybridized carbons (Fsp3) is 0.750. The number of hydrogen-bond acceptors (Lipinski definition) is 4. The number of nitrogens with one attached hydrogen (secondary N) is 1. The first kappa shape index (κ1) is 10.7. The highest BCUT2D eigenvalue weighted by atomic mass is 35.5. The average molecular weight is 220 g/mol. The van der Waals surface area contributed by atoms with Gasteiger partial charge in [0.1, 0.15) is 0 Å². The Morgan fingerprint density at radius 1 is 1.46 bits per heavy atom. The number of halogens is 1. The van der Waals surface area contributed by atoms with E-state index in [0.29, 0.717) is 11.0 Å². The molecule has 5 heteroatoms. The van der Waals surface area contributed by atoms with Crippen LogP contribution in [0.2, 0.25) is 5.15 Å². The zero-order valence-corrected chi connectivity index (χ0v) is 9.67. The van der Waals surface area contributed by atoms with Crippen LogP contribution in [0.5, 0.6) is 0 Å². The van der Waals surface area contributed by atoms with Crippen molar-refractivity contribution in [3.63, 3.8) is 0 Å². The van der Waals surface area contributed by atoms with Gasteiger partial charge in [0.2, 0.25) is 0 Å². The van der Waals surface area contributed by atoms with Gasteiger partial charge in [-0.1, -0.05) is 24.9 Å². The van der Waals surface area contributed by atoms with Gasteiger partial charge in [0, 0.05) is 5.54 Å². The molecule has 0 aliphatic heterocycles. The van der Waals surface area contributed by atoms with Gasteiger partial charge < -0.3 is 5.32 Å². The van der Waals surface area contributed by atoms with E-state index in [0.717, 1.165) is 24.6 Å². The van der Waals surface area contributed by atoms with Crippen LogP contribution in [-0.4, -0.2) is 14.3 Å². The number of hydrogen-bond donors (Lipinski definition) is 1. The predicted molar refractivity (Wildman–Crippen MR) is 57.5 cm³/mol. The van der Waals surface area contributed by atoms with Crippen molar-refractivity contribution < 1.29 is 0 Å². The number of rotatable bonds is 4. The molecular formula is C8H14ClN3S. The van der Waals surface area contributed by atoms with Crippen LogP contribution < -0.4 is 5.32 Å². The predicted octanol–water partition coefficient (Wildman–Crippen LogP) is 3.18. The van der Waals surface area contributed by atoms with Crippen molar-refractivity contribution in [3.8, 4) is 0 Å². The lowest BCUT2D eigenvalue weighted by molar-refractivity contribution is 0.509. The van der Waals surface area contributed by atoms with Gasteiger partial charge in [0.05, 0.1) is 11.7 Å². The summed E-state index contributed by atoms with van der Waals surface area (Å²) in [5.41, 5.74) is 0.0359. The highest BCUT2D eigenvalue weighted by Gasteiger charge is 2.18. The minimum absolute atomic E-state index is 0.0359. The van der Waals surface area contributed by atoms with Crippen LogP contribution in [0, 0.1) is 0 Å². The van der Waals surface area contributed by atoms with Crippen LogP contribution in [0.3, 0.4) is 0 Å². The summed E-state index contributed by atoms with van der Waals surface area (Å²) in [6.07, 6.45) is 2.22. The smallest absolute Gasteiger partial charge is 0.186 e. The zero-order valence-electron chi connectivity index (χ0n) is 8.09. The van der Waals surface area contributed by atoms with E-state index < -0.39 is 0 Å². The minimum Gasteiger partial charge on any atom is -0.362 e. The van der Waals surface area contributed by atoms with E-state index in [9.17, 15) is 0 Å². The third-order valence-corrected chi connectivity index (χ3v) is 2.67. The monoisotopic (exact) mass is 219 g/mol. The number of anilines is 1. The quantitative estimate of drug-likeness (QED) is 0.845. The summed E-state index contributed by atoms with van der Waals surface area (Å²) < 4.78 is 7.97. The Balaban J connectivity index is 2.63. The van der Waals surface area contributed by atoms with Gasteiger partial charge in [-0.3, -0.25) is 0 Å². The van der Waals surface area contributed by atoms with E-state index in [-0.39, 0.29) is 5.54 Å². The maximum atomic E-state index is 5.82. The average Bonchev–Trinajstić information content (AvgIpc) is 2.35. The van der Waals surface area contributed by atoms with Crippen LogP contribution in [0.15, 0.2) is 0 Å². The lowest BCUT2D eigenvalue weighted by atomic mass is 9.99. The second-order valence-corrected chi connectivity index (χ2v) is 4.55. The molecule has 0 saturated carbocycles. The topological polar surface area (TPSA) is 37.8 Å². The summed E-state index contributed by atoms with van der Waals surface area (Å²) in [5.74, 6) is 0.699. The molecule has 0 atom stereocenters. The Bertz CT molecular complexity index is 272. The van der Waals surface area contributed by atoms with Crippen molar-refractivity contribution in [1.82, 2.24) is 8.75 Å². The Labute approximate surface area is 87.8 Å². The molecule has 0 saturated heterocycles. The van der Waals surface area contributed by atoms with Gasteiger partial charge in [-0.15, -0.1) is 0 Å². The van der Waals surface area contributed by atoms with E-state index >= 15 is 0 Å². The van der Waals surface area contributed by atoms with Crippen molar-refractivity contribution in [2.24, 2.45) is 0 Å². The van der Waals surface area contributed by atoms with E-state index in [4.69, 9.17) is 11.6 Å². The largest absolute Gasteiger partial charge is 0.362 e. The third kappa shape index (κ3) is 3.12. The highest BCUT2D eigenvalue weighted by Crippen LogP contribution is 2.24. The molecule has 0 amide bonds. The van der Waals surface area contributed by atoms with Crippen LogP contribution in [0.4, 0.5) is 5.82 Å². The Kier molecular flexibility index (Phi) is 3.50. The molecule has 0 fully saturated rings.